The average Bonchev–Trinajstić information content (AvgIpc) is 3.33. The van der Waals surface area contributed by atoms with E-state index in [0.29, 0.717) is 5.69 Å². The molecule has 0 spiro atoms. The number of aromatic nitrogens is 3. The molecule has 1 unspecified atom stereocenters. The summed E-state index contributed by atoms with van der Waals surface area (Å²) in [5.74, 6) is -0.558. The number of carbonyl (C=O) groups is 1. The number of phenolic OH excluding ortho intramolecular Hbond substituents is 1. The first-order valence-corrected chi connectivity index (χ1v) is 8.56. The van der Waals surface area contributed by atoms with E-state index in [2.05, 4.69) is 20.5 Å². The Labute approximate surface area is 155 Å². The van der Waals surface area contributed by atoms with Gasteiger partial charge in [0.15, 0.2) is 0 Å². The highest BCUT2D eigenvalue weighted by molar-refractivity contribution is 6.07. The highest BCUT2D eigenvalue weighted by atomic mass is 16.3. The van der Waals surface area contributed by atoms with Gasteiger partial charge in [0.2, 0.25) is 5.91 Å². The Morgan fingerprint density at radius 1 is 1.19 bits per heavy atom. The number of benzene rings is 2. The van der Waals surface area contributed by atoms with E-state index in [1.165, 1.54) is 0 Å². The zero-order chi connectivity index (χ0) is 18.8. The van der Waals surface area contributed by atoms with Crippen LogP contribution in [0.2, 0.25) is 0 Å². The first-order valence-electron chi connectivity index (χ1n) is 8.56. The number of rotatable bonds is 5. The lowest BCUT2D eigenvalue weighted by Crippen LogP contribution is -2.27. The number of amides is 1. The van der Waals surface area contributed by atoms with Crippen molar-refractivity contribution in [2.24, 2.45) is 5.73 Å². The van der Waals surface area contributed by atoms with Gasteiger partial charge < -0.3 is 21.1 Å². The van der Waals surface area contributed by atoms with E-state index in [4.69, 9.17) is 5.73 Å². The first-order chi connectivity index (χ1) is 13.2. The summed E-state index contributed by atoms with van der Waals surface area (Å²) < 4.78 is 0. The largest absolute Gasteiger partial charge is 0.508 e. The molecule has 1 amide bonds. The molecule has 2 aromatic heterocycles. The maximum atomic E-state index is 12.8. The fourth-order valence-electron chi connectivity index (χ4n) is 3.22. The normalized spacial score (nSPS) is 12.2. The third-order valence-electron chi connectivity index (χ3n) is 4.63. The number of hydrogen-bond donors (Lipinski definition) is 5. The zero-order valence-electron chi connectivity index (χ0n) is 14.4. The molecule has 0 saturated carbocycles. The molecule has 4 aromatic rings. The Hall–Kier alpha value is -3.58. The minimum atomic E-state index is -0.510. The summed E-state index contributed by atoms with van der Waals surface area (Å²) in [5, 5.41) is 20.2. The molecule has 136 valence electrons. The second-order valence-electron chi connectivity index (χ2n) is 6.29. The zero-order valence-corrected chi connectivity index (χ0v) is 14.4. The summed E-state index contributed by atoms with van der Waals surface area (Å²) in [4.78, 5) is 16.1. The van der Waals surface area contributed by atoms with Gasteiger partial charge in [-0.15, -0.1) is 0 Å². The van der Waals surface area contributed by atoms with Gasteiger partial charge in [-0.1, -0.05) is 24.3 Å². The number of carbonyl (C=O) groups excluding carboxylic acids is 1. The predicted octanol–water partition coefficient (Wildman–Crippen LogP) is 2.94. The number of anilines is 1. The standard InChI is InChI=1S/C20H19N5O2/c21-8-16(12-4-6-14(26)7-5-12)20(27)25-18-3-1-2-15-17(11-22-19(15)18)13-9-23-24-10-13/h1-7,9-11,16,22,26H,8,21H2,(H,23,24)(H,25,27). The van der Waals surface area contributed by atoms with Gasteiger partial charge in [-0.3, -0.25) is 9.89 Å². The average molecular weight is 361 g/mol. The van der Waals surface area contributed by atoms with E-state index in [-0.39, 0.29) is 18.2 Å². The summed E-state index contributed by atoms with van der Waals surface area (Å²) >= 11 is 0. The summed E-state index contributed by atoms with van der Waals surface area (Å²) in [6, 6.07) is 12.2. The van der Waals surface area contributed by atoms with Gasteiger partial charge in [0.05, 0.1) is 23.3 Å². The van der Waals surface area contributed by atoms with Crippen molar-refractivity contribution in [3.05, 3.63) is 66.6 Å². The second-order valence-corrected chi connectivity index (χ2v) is 6.29. The predicted molar refractivity (Wildman–Crippen MR) is 104 cm³/mol. The minimum Gasteiger partial charge on any atom is -0.508 e. The van der Waals surface area contributed by atoms with E-state index in [1.54, 1.807) is 30.5 Å². The molecule has 7 heteroatoms. The molecule has 2 aromatic carbocycles. The van der Waals surface area contributed by atoms with Gasteiger partial charge in [-0.2, -0.15) is 5.10 Å². The number of hydrogen-bond acceptors (Lipinski definition) is 4. The van der Waals surface area contributed by atoms with Crippen molar-refractivity contribution in [2.45, 2.75) is 5.92 Å². The number of fused-ring (bicyclic) bond motifs is 1. The van der Waals surface area contributed by atoms with Crippen LogP contribution < -0.4 is 11.1 Å². The topological polar surface area (TPSA) is 120 Å². The van der Waals surface area contributed by atoms with Crippen LogP contribution in [0.3, 0.4) is 0 Å². The number of para-hydroxylation sites is 1. The maximum absolute atomic E-state index is 12.8. The van der Waals surface area contributed by atoms with Gasteiger partial charge in [0, 0.05) is 35.5 Å². The summed E-state index contributed by atoms with van der Waals surface area (Å²) in [6.07, 6.45) is 5.47. The number of nitrogens with two attached hydrogens (primary N) is 1. The smallest absolute Gasteiger partial charge is 0.233 e. The van der Waals surface area contributed by atoms with Gasteiger partial charge in [-0.25, -0.2) is 0 Å². The summed E-state index contributed by atoms with van der Waals surface area (Å²) in [7, 11) is 0. The highest BCUT2D eigenvalue weighted by Crippen LogP contribution is 2.32. The lowest BCUT2D eigenvalue weighted by Gasteiger charge is -2.16. The third-order valence-corrected chi connectivity index (χ3v) is 4.63. The minimum absolute atomic E-state index is 0.151. The molecule has 0 bridgehead atoms. The Kier molecular flexibility index (Phi) is 4.35. The van der Waals surface area contributed by atoms with Crippen LogP contribution in [0.4, 0.5) is 5.69 Å². The van der Waals surface area contributed by atoms with Crippen LogP contribution >= 0.6 is 0 Å². The molecule has 6 N–H and O–H groups in total. The number of phenols is 1. The van der Waals surface area contributed by atoms with Crippen LogP contribution in [0.25, 0.3) is 22.0 Å². The molecule has 7 nitrogen and oxygen atoms in total. The molecule has 4 rings (SSSR count). The van der Waals surface area contributed by atoms with Gasteiger partial charge in [0.1, 0.15) is 5.75 Å². The molecule has 0 saturated heterocycles. The molecular formula is C20H19N5O2. The molecule has 0 aliphatic rings. The lowest BCUT2D eigenvalue weighted by atomic mass is 9.98. The molecule has 1 atom stereocenters. The van der Waals surface area contributed by atoms with Crippen molar-refractivity contribution in [3.8, 4) is 16.9 Å². The molecule has 0 aliphatic heterocycles. The SMILES string of the molecule is NCC(C(=O)Nc1cccc2c(-c3cn[nH]c3)c[nH]c12)c1ccc(O)cc1. The summed E-state index contributed by atoms with van der Waals surface area (Å²) in [5.41, 5.74) is 10.1. The van der Waals surface area contributed by atoms with E-state index in [9.17, 15) is 9.90 Å². The maximum Gasteiger partial charge on any atom is 0.233 e. The highest BCUT2D eigenvalue weighted by Gasteiger charge is 2.20. The van der Waals surface area contributed by atoms with Crippen molar-refractivity contribution in [2.75, 3.05) is 11.9 Å². The van der Waals surface area contributed by atoms with Crippen LogP contribution in [-0.4, -0.2) is 32.7 Å². The monoisotopic (exact) mass is 361 g/mol. The van der Waals surface area contributed by atoms with Crippen molar-refractivity contribution in [1.29, 1.82) is 0 Å². The Morgan fingerprint density at radius 2 is 2.00 bits per heavy atom. The van der Waals surface area contributed by atoms with E-state index < -0.39 is 5.92 Å². The van der Waals surface area contributed by atoms with Gasteiger partial charge in [0.25, 0.3) is 0 Å². The molecule has 2 heterocycles. The first kappa shape index (κ1) is 16.9. The Bertz CT molecular complexity index is 1070. The number of H-pyrrole nitrogens is 2. The molecule has 0 aliphatic carbocycles. The lowest BCUT2D eigenvalue weighted by molar-refractivity contribution is -0.117. The summed E-state index contributed by atoms with van der Waals surface area (Å²) in [6.45, 7) is 0.164. The Balaban J connectivity index is 1.64. The van der Waals surface area contributed by atoms with Crippen LogP contribution in [0.1, 0.15) is 11.5 Å². The van der Waals surface area contributed by atoms with Crippen LogP contribution in [-0.2, 0) is 4.79 Å². The van der Waals surface area contributed by atoms with Crippen LogP contribution in [0.5, 0.6) is 5.75 Å². The molecule has 0 radical (unpaired) electrons. The number of aromatic hydroxyl groups is 1. The number of nitrogens with zero attached hydrogens (tertiary/aromatic N) is 1. The number of aromatic amines is 2. The molecule has 27 heavy (non-hydrogen) atoms. The molecular weight excluding hydrogens is 342 g/mol. The van der Waals surface area contributed by atoms with Crippen molar-refractivity contribution < 1.29 is 9.90 Å². The fourth-order valence-corrected chi connectivity index (χ4v) is 3.22. The van der Waals surface area contributed by atoms with E-state index >= 15 is 0 Å². The number of nitrogens with one attached hydrogen (secondary N) is 3. The second kappa shape index (κ2) is 6.97. The van der Waals surface area contributed by atoms with E-state index in [1.807, 2.05) is 30.6 Å². The third kappa shape index (κ3) is 3.16. The van der Waals surface area contributed by atoms with Crippen molar-refractivity contribution in [3.63, 3.8) is 0 Å². The van der Waals surface area contributed by atoms with Crippen LogP contribution in [0.15, 0.2) is 61.1 Å². The fraction of sp³-hybridized carbons (Fsp3) is 0.100. The van der Waals surface area contributed by atoms with Crippen LogP contribution in [0, 0.1) is 0 Å². The Morgan fingerprint density at radius 3 is 2.70 bits per heavy atom. The quantitative estimate of drug-likeness (QED) is 0.375. The van der Waals surface area contributed by atoms with Crippen molar-refractivity contribution in [1.82, 2.24) is 15.2 Å². The van der Waals surface area contributed by atoms with E-state index in [0.717, 1.165) is 27.6 Å². The molecule has 0 fully saturated rings. The van der Waals surface area contributed by atoms with Gasteiger partial charge in [-0.05, 0) is 23.8 Å². The van der Waals surface area contributed by atoms with Gasteiger partial charge >= 0.3 is 0 Å². The van der Waals surface area contributed by atoms with Crippen molar-refractivity contribution >= 4 is 22.5 Å².